The van der Waals surface area contributed by atoms with Crippen LogP contribution in [0.3, 0.4) is 0 Å². The Balaban J connectivity index is 2.01. The van der Waals surface area contributed by atoms with Crippen LogP contribution in [0.25, 0.3) is 0 Å². The van der Waals surface area contributed by atoms with E-state index in [0.29, 0.717) is 18.9 Å². The summed E-state index contributed by atoms with van der Waals surface area (Å²) >= 11 is 0. The average Bonchev–Trinajstić information content (AvgIpc) is 2.43. The molecule has 1 fully saturated rings. The van der Waals surface area contributed by atoms with Crippen LogP contribution >= 0.6 is 0 Å². The van der Waals surface area contributed by atoms with Crippen LogP contribution in [0.5, 0.6) is 0 Å². The first-order valence-corrected chi connectivity index (χ1v) is 6.48. The van der Waals surface area contributed by atoms with Gasteiger partial charge in [0.2, 0.25) is 5.91 Å². The number of carbonyl (C=O) groups is 1. The van der Waals surface area contributed by atoms with E-state index in [1.165, 1.54) is 12.1 Å². The van der Waals surface area contributed by atoms with E-state index < -0.39 is 6.04 Å². The van der Waals surface area contributed by atoms with Crippen LogP contribution in [-0.2, 0) is 9.53 Å². The third-order valence-electron chi connectivity index (χ3n) is 3.53. The van der Waals surface area contributed by atoms with E-state index in [0.717, 1.165) is 18.4 Å². The molecule has 1 atom stereocenters. The molecule has 1 aromatic carbocycles. The van der Waals surface area contributed by atoms with Crippen molar-refractivity contribution in [2.45, 2.75) is 25.8 Å². The second kappa shape index (κ2) is 6.12. The quantitative estimate of drug-likeness (QED) is 0.877. The molecule has 1 amide bonds. The molecule has 0 radical (unpaired) electrons. The molecule has 2 rings (SSSR count). The average molecular weight is 266 g/mol. The van der Waals surface area contributed by atoms with Gasteiger partial charge < -0.3 is 15.8 Å². The van der Waals surface area contributed by atoms with Crippen molar-refractivity contribution in [2.75, 3.05) is 18.5 Å². The Morgan fingerprint density at radius 3 is 2.84 bits per heavy atom. The van der Waals surface area contributed by atoms with Gasteiger partial charge in [0.05, 0.1) is 6.04 Å². The molecule has 1 heterocycles. The molecule has 1 aliphatic heterocycles. The van der Waals surface area contributed by atoms with Crippen LogP contribution in [-0.4, -0.2) is 25.2 Å². The van der Waals surface area contributed by atoms with Crippen LogP contribution in [0.2, 0.25) is 0 Å². The highest BCUT2D eigenvalue weighted by atomic mass is 19.1. The fourth-order valence-electron chi connectivity index (χ4n) is 2.23. The molecule has 1 unspecified atom stereocenters. The topological polar surface area (TPSA) is 64.4 Å². The number of amides is 1. The molecule has 19 heavy (non-hydrogen) atoms. The normalized spacial score (nSPS) is 18.1. The fraction of sp³-hybridized carbons (Fsp3) is 0.500. The number of hydrogen-bond acceptors (Lipinski definition) is 3. The lowest BCUT2D eigenvalue weighted by molar-refractivity contribution is -0.119. The van der Waals surface area contributed by atoms with Crippen LogP contribution in [0.4, 0.5) is 10.1 Å². The van der Waals surface area contributed by atoms with Crippen molar-refractivity contribution in [1.82, 2.24) is 0 Å². The van der Waals surface area contributed by atoms with Gasteiger partial charge in [0, 0.05) is 18.9 Å². The van der Waals surface area contributed by atoms with Gasteiger partial charge in [-0.1, -0.05) is 6.07 Å². The molecular formula is C14H19FN2O2. The van der Waals surface area contributed by atoms with Crippen LogP contribution in [0.15, 0.2) is 18.2 Å². The molecule has 104 valence electrons. The second-order valence-electron chi connectivity index (χ2n) is 4.92. The van der Waals surface area contributed by atoms with Crippen molar-refractivity contribution >= 4 is 11.6 Å². The number of halogens is 1. The predicted octanol–water partition coefficient (Wildman–Crippen LogP) is 1.83. The lowest BCUT2D eigenvalue weighted by Crippen LogP contribution is -2.44. The van der Waals surface area contributed by atoms with Gasteiger partial charge in [0.15, 0.2) is 0 Å². The summed E-state index contributed by atoms with van der Waals surface area (Å²) < 4.78 is 18.4. The summed E-state index contributed by atoms with van der Waals surface area (Å²) in [7, 11) is 0. The molecule has 1 saturated heterocycles. The molecule has 4 nitrogen and oxygen atoms in total. The van der Waals surface area contributed by atoms with E-state index in [1.54, 1.807) is 6.07 Å². The first-order valence-electron chi connectivity index (χ1n) is 6.48. The van der Waals surface area contributed by atoms with Crippen LogP contribution in [0, 0.1) is 18.7 Å². The number of hydrogen-bond donors (Lipinski definition) is 2. The van der Waals surface area contributed by atoms with Crippen molar-refractivity contribution in [3.8, 4) is 0 Å². The van der Waals surface area contributed by atoms with Crippen molar-refractivity contribution in [3.05, 3.63) is 29.6 Å². The summed E-state index contributed by atoms with van der Waals surface area (Å²) in [6.45, 7) is 3.10. The highest BCUT2D eigenvalue weighted by Crippen LogP contribution is 2.20. The molecule has 3 N–H and O–H groups in total. The minimum absolute atomic E-state index is 0.127. The number of anilines is 1. The predicted molar refractivity (Wildman–Crippen MR) is 71.3 cm³/mol. The van der Waals surface area contributed by atoms with Crippen molar-refractivity contribution in [1.29, 1.82) is 0 Å². The van der Waals surface area contributed by atoms with Gasteiger partial charge in [0.25, 0.3) is 0 Å². The summed E-state index contributed by atoms with van der Waals surface area (Å²) in [5.41, 5.74) is 7.26. The zero-order valence-electron chi connectivity index (χ0n) is 11.0. The zero-order chi connectivity index (χ0) is 13.8. The summed E-state index contributed by atoms with van der Waals surface area (Å²) in [4.78, 5) is 12.1. The van der Waals surface area contributed by atoms with Gasteiger partial charge in [-0.25, -0.2) is 4.39 Å². The zero-order valence-corrected chi connectivity index (χ0v) is 11.0. The Labute approximate surface area is 112 Å². The largest absolute Gasteiger partial charge is 0.381 e. The highest BCUT2D eigenvalue weighted by molar-refractivity contribution is 5.95. The number of ether oxygens (including phenoxy) is 1. The van der Waals surface area contributed by atoms with Gasteiger partial charge in [-0.2, -0.15) is 0 Å². The van der Waals surface area contributed by atoms with E-state index in [2.05, 4.69) is 5.32 Å². The first kappa shape index (κ1) is 14.0. The Bertz CT molecular complexity index is 459. The number of benzene rings is 1. The number of aryl methyl sites for hydroxylation is 1. The first-order chi connectivity index (χ1) is 9.08. The van der Waals surface area contributed by atoms with Crippen molar-refractivity contribution in [3.63, 3.8) is 0 Å². The second-order valence-corrected chi connectivity index (χ2v) is 4.92. The standard InChI is InChI=1S/C14H19FN2O2/c1-9-2-3-11(15)8-12(9)17-14(18)13(16)10-4-6-19-7-5-10/h2-3,8,10,13H,4-7,16H2,1H3,(H,17,18). The number of carbonyl (C=O) groups excluding carboxylic acids is 1. The minimum atomic E-state index is -0.577. The van der Waals surface area contributed by atoms with Crippen LogP contribution < -0.4 is 11.1 Å². The summed E-state index contributed by atoms with van der Waals surface area (Å²) in [6.07, 6.45) is 1.58. The van der Waals surface area contributed by atoms with Gasteiger partial charge in [-0.05, 0) is 43.4 Å². The highest BCUT2D eigenvalue weighted by Gasteiger charge is 2.26. The number of nitrogens with one attached hydrogen (secondary N) is 1. The number of nitrogens with two attached hydrogens (primary N) is 1. The van der Waals surface area contributed by atoms with Gasteiger partial charge in [-0.3, -0.25) is 4.79 Å². The molecule has 1 aliphatic rings. The lowest BCUT2D eigenvalue weighted by Gasteiger charge is -2.26. The monoisotopic (exact) mass is 266 g/mol. The van der Waals surface area contributed by atoms with Gasteiger partial charge in [-0.15, -0.1) is 0 Å². The van der Waals surface area contributed by atoms with E-state index in [1.807, 2.05) is 6.92 Å². The number of rotatable bonds is 3. The third kappa shape index (κ3) is 3.52. The maximum absolute atomic E-state index is 13.2. The molecule has 5 heteroatoms. The molecule has 0 spiro atoms. The SMILES string of the molecule is Cc1ccc(F)cc1NC(=O)C(N)C1CCOCC1. The molecule has 0 bridgehead atoms. The summed E-state index contributed by atoms with van der Waals surface area (Å²) in [6, 6.07) is 3.73. The van der Waals surface area contributed by atoms with Crippen LogP contribution in [0.1, 0.15) is 18.4 Å². The lowest BCUT2D eigenvalue weighted by atomic mass is 9.92. The molecule has 0 saturated carbocycles. The Kier molecular flexibility index (Phi) is 4.50. The summed E-state index contributed by atoms with van der Waals surface area (Å²) in [5.74, 6) is -0.510. The maximum Gasteiger partial charge on any atom is 0.241 e. The summed E-state index contributed by atoms with van der Waals surface area (Å²) in [5, 5.41) is 2.70. The van der Waals surface area contributed by atoms with Gasteiger partial charge in [0.1, 0.15) is 5.82 Å². The molecule has 0 aromatic heterocycles. The minimum Gasteiger partial charge on any atom is -0.381 e. The Morgan fingerprint density at radius 2 is 2.16 bits per heavy atom. The van der Waals surface area contributed by atoms with E-state index in [9.17, 15) is 9.18 Å². The van der Waals surface area contributed by atoms with Gasteiger partial charge >= 0.3 is 0 Å². The molecular weight excluding hydrogens is 247 g/mol. The van der Waals surface area contributed by atoms with E-state index >= 15 is 0 Å². The van der Waals surface area contributed by atoms with E-state index in [4.69, 9.17) is 10.5 Å². The Morgan fingerprint density at radius 1 is 1.47 bits per heavy atom. The molecule has 0 aliphatic carbocycles. The van der Waals surface area contributed by atoms with Crippen molar-refractivity contribution in [2.24, 2.45) is 11.7 Å². The maximum atomic E-state index is 13.2. The fourth-order valence-corrected chi connectivity index (χ4v) is 2.23. The van der Waals surface area contributed by atoms with Crippen molar-refractivity contribution < 1.29 is 13.9 Å². The van der Waals surface area contributed by atoms with E-state index in [-0.39, 0.29) is 17.6 Å². The Hall–Kier alpha value is -1.46. The smallest absolute Gasteiger partial charge is 0.241 e. The third-order valence-corrected chi connectivity index (χ3v) is 3.53. The molecule has 1 aromatic rings.